The van der Waals surface area contributed by atoms with Crippen molar-refractivity contribution in [1.82, 2.24) is 0 Å². The van der Waals surface area contributed by atoms with Gasteiger partial charge in [0.1, 0.15) is 0 Å². The number of rotatable bonds is 1. The summed E-state index contributed by atoms with van der Waals surface area (Å²) in [7, 11) is 0. The molecule has 0 saturated heterocycles. The molecule has 0 spiro atoms. The molecular formula is C6H13NO. The van der Waals surface area contributed by atoms with Crippen LogP contribution in [-0.4, -0.2) is 16.7 Å². The largest absolute Gasteiger partial charge is 0.390 e. The number of aliphatic hydroxyl groups is 1. The van der Waals surface area contributed by atoms with Gasteiger partial charge < -0.3 is 10.8 Å². The van der Waals surface area contributed by atoms with Gasteiger partial charge in [0.15, 0.2) is 0 Å². The highest BCUT2D eigenvalue weighted by Crippen LogP contribution is 2.33. The number of hydrogen-bond donors (Lipinski definition) is 2. The van der Waals surface area contributed by atoms with Gasteiger partial charge in [0.25, 0.3) is 0 Å². The van der Waals surface area contributed by atoms with Crippen LogP contribution in [0.1, 0.15) is 26.2 Å². The summed E-state index contributed by atoms with van der Waals surface area (Å²) in [5.74, 6) is 0. The normalized spacial score (nSPS) is 46.1. The molecule has 3 N–H and O–H groups in total. The van der Waals surface area contributed by atoms with Crippen LogP contribution in [0.4, 0.5) is 0 Å². The molecule has 1 aliphatic rings. The van der Waals surface area contributed by atoms with Crippen molar-refractivity contribution in [3.63, 3.8) is 0 Å². The fraction of sp³-hybridized carbons (Fsp3) is 1.00. The zero-order valence-electron chi connectivity index (χ0n) is 5.22. The first kappa shape index (κ1) is 6.05. The van der Waals surface area contributed by atoms with Crippen LogP contribution in [0.15, 0.2) is 0 Å². The van der Waals surface area contributed by atoms with E-state index >= 15 is 0 Å². The molecule has 1 fully saturated rings. The molecule has 0 bridgehead atoms. The molecule has 0 aromatic carbocycles. The third-order valence-electron chi connectivity index (χ3n) is 1.94. The maximum atomic E-state index is 9.31. The topological polar surface area (TPSA) is 46.2 Å². The Labute approximate surface area is 49.7 Å². The fourth-order valence-corrected chi connectivity index (χ4v) is 1.20. The van der Waals surface area contributed by atoms with Crippen LogP contribution in [0, 0.1) is 0 Å². The Morgan fingerprint density at radius 2 is 2.25 bits per heavy atom. The Balaban J connectivity index is 2.30. The molecule has 0 aromatic heterocycles. The maximum absolute atomic E-state index is 9.31. The molecule has 0 radical (unpaired) electrons. The van der Waals surface area contributed by atoms with Crippen molar-refractivity contribution >= 4 is 0 Å². The van der Waals surface area contributed by atoms with Crippen molar-refractivity contribution in [3.05, 3.63) is 0 Å². The second-order valence-corrected chi connectivity index (χ2v) is 2.75. The Bertz CT molecular complexity index is 86.5. The molecule has 0 atom stereocenters. The summed E-state index contributed by atoms with van der Waals surface area (Å²) in [6, 6.07) is 0.264. The fourth-order valence-electron chi connectivity index (χ4n) is 1.20. The highest BCUT2D eigenvalue weighted by atomic mass is 16.3. The molecule has 8 heavy (non-hydrogen) atoms. The highest BCUT2D eigenvalue weighted by Gasteiger charge is 2.38. The van der Waals surface area contributed by atoms with Gasteiger partial charge in [-0.1, -0.05) is 6.92 Å². The van der Waals surface area contributed by atoms with E-state index in [4.69, 9.17) is 5.73 Å². The molecule has 0 aromatic rings. The van der Waals surface area contributed by atoms with Gasteiger partial charge in [-0.25, -0.2) is 0 Å². The van der Waals surface area contributed by atoms with Gasteiger partial charge in [0.2, 0.25) is 0 Å². The predicted molar refractivity (Wildman–Crippen MR) is 32.5 cm³/mol. The Morgan fingerprint density at radius 3 is 2.38 bits per heavy atom. The summed E-state index contributed by atoms with van der Waals surface area (Å²) in [4.78, 5) is 0. The molecule has 0 aliphatic heterocycles. The Kier molecular flexibility index (Phi) is 1.29. The molecule has 0 heterocycles. The zero-order chi connectivity index (χ0) is 6.20. The van der Waals surface area contributed by atoms with Crippen LogP contribution in [-0.2, 0) is 0 Å². The number of nitrogens with two attached hydrogens (primary N) is 1. The van der Waals surface area contributed by atoms with Crippen molar-refractivity contribution in [2.24, 2.45) is 5.73 Å². The van der Waals surface area contributed by atoms with Crippen LogP contribution >= 0.6 is 0 Å². The van der Waals surface area contributed by atoms with Gasteiger partial charge in [0.05, 0.1) is 5.60 Å². The minimum atomic E-state index is -0.389. The van der Waals surface area contributed by atoms with Crippen molar-refractivity contribution in [1.29, 1.82) is 0 Å². The van der Waals surface area contributed by atoms with E-state index in [1.807, 2.05) is 6.92 Å². The van der Waals surface area contributed by atoms with Gasteiger partial charge in [-0.05, 0) is 19.3 Å². The second-order valence-electron chi connectivity index (χ2n) is 2.75. The lowest BCUT2D eigenvalue weighted by atomic mass is 9.75. The van der Waals surface area contributed by atoms with Crippen molar-refractivity contribution in [2.45, 2.75) is 37.8 Å². The third-order valence-corrected chi connectivity index (χ3v) is 1.94. The van der Waals surface area contributed by atoms with E-state index in [0.717, 1.165) is 19.3 Å². The molecule has 0 unspecified atom stereocenters. The van der Waals surface area contributed by atoms with Crippen LogP contribution in [0.2, 0.25) is 0 Å². The molecular weight excluding hydrogens is 102 g/mol. The summed E-state index contributed by atoms with van der Waals surface area (Å²) in [5.41, 5.74) is 5.08. The minimum absolute atomic E-state index is 0.264. The molecule has 1 rings (SSSR count). The van der Waals surface area contributed by atoms with Crippen LogP contribution in [0.3, 0.4) is 0 Å². The van der Waals surface area contributed by atoms with Crippen molar-refractivity contribution < 1.29 is 5.11 Å². The van der Waals surface area contributed by atoms with Gasteiger partial charge >= 0.3 is 0 Å². The zero-order valence-corrected chi connectivity index (χ0v) is 5.22. The van der Waals surface area contributed by atoms with Gasteiger partial charge in [0, 0.05) is 6.04 Å². The van der Waals surface area contributed by atoms with Gasteiger partial charge in [-0.2, -0.15) is 0 Å². The first-order valence-corrected chi connectivity index (χ1v) is 3.14. The highest BCUT2D eigenvalue weighted by molar-refractivity contribution is 4.95. The summed E-state index contributed by atoms with van der Waals surface area (Å²) < 4.78 is 0. The van der Waals surface area contributed by atoms with E-state index in [0.29, 0.717) is 0 Å². The third kappa shape index (κ3) is 0.858. The Hall–Kier alpha value is -0.0800. The first-order chi connectivity index (χ1) is 3.66. The summed E-state index contributed by atoms with van der Waals surface area (Å²) >= 11 is 0. The molecule has 1 aliphatic carbocycles. The molecule has 48 valence electrons. The maximum Gasteiger partial charge on any atom is 0.0674 e. The first-order valence-electron chi connectivity index (χ1n) is 3.14. The molecule has 2 heteroatoms. The number of hydrogen-bond acceptors (Lipinski definition) is 2. The lowest BCUT2D eigenvalue weighted by Crippen LogP contribution is -2.50. The van der Waals surface area contributed by atoms with E-state index in [9.17, 15) is 5.11 Å². The summed E-state index contributed by atoms with van der Waals surface area (Å²) in [6.45, 7) is 1.99. The lowest BCUT2D eigenvalue weighted by Gasteiger charge is -2.40. The van der Waals surface area contributed by atoms with E-state index in [1.165, 1.54) is 0 Å². The monoisotopic (exact) mass is 115 g/mol. The van der Waals surface area contributed by atoms with Crippen LogP contribution < -0.4 is 5.73 Å². The summed E-state index contributed by atoms with van der Waals surface area (Å²) in [5, 5.41) is 9.31. The summed E-state index contributed by atoms with van der Waals surface area (Å²) in [6.07, 6.45) is 2.44. The van der Waals surface area contributed by atoms with E-state index < -0.39 is 0 Å². The molecule has 1 saturated carbocycles. The van der Waals surface area contributed by atoms with Crippen molar-refractivity contribution in [2.75, 3.05) is 0 Å². The Morgan fingerprint density at radius 1 is 1.75 bits per heavy atom. The predicted octanol–water partition coefficient (Wildman–Crippen LogP) is 0.249. The smallest absolute Gasteiger partial charge is 0.0674 e. The van der Waals surface area contributed by atoms with Gasteiger partial charge in [-0.15, -0.1) is 0 Å². The van der Waals surface area contributed by atoms with E-state index in [1.54, 1.807) is 0 Å². The average molecular weight is 115 g/mol. The van der Waals surface area contributed by atoms with E-state index in [-0.39, 0.29) is 11.6 Å². The average Bonchev–Trinajstić information content (AvgIpc) is 1.63. The van der Waals surface area contributed by atoms with Crippen LogP contribution in [0.5, 0.6) is 0 Å². The SMILES string of the molecule is CCC1(O)CC(N)C1. The lowest BCUT2D eigenvalue weighted by molar-refractivity contribution is -0.0490. The molecule has 2 nitrogen and oxygen atoms in total. The van der Waals surface area contributed by atoms with Gasteiger partial charge in [-0.3, -0.25) is 0 Å². The van der Waals surface area contributed by atoms with Crippen LogP contribution in [0.25, 0.3) is 0 Å². The standard InChI is InChI=1S/C6H13NO/c1-2-6(8)3-5(7)4-6/h5,8H,2-4,7H2,1H3. The quantitative estimate of drug-likeness (QED) is 0.514. The second kappa shape index (κ2) is 1.71. The van der Waals surface area contributed by atoms with Crippen molar-refractivity contribution in [3.8, 4) is 0 Å². The molecule has 0 amide bonds. The van der Waals surface area contributed by atoms with E-state index in [2.05, 4.69) is 0 Å². The minimum Gasteiger partial charge on any atom is -0.390 e.